The summed E-state index contributed by atoms with van der Waals surface area (Å²) in [5.41, 5.74) is 1.12. The molecule has 1 nitrogen and oxygen atoms in total. The third kappa shape index (κ3) is 3.11. The molecule has 0 amide bonds. The van der Waals surface area contributed by atoms with Crippen LogP contribution in [0, 0.1) is 17.7 Å². The van der Waals surface area contributed by atoms with Crippen LogP contribution in [0.2, 0.25) is 0 Å². The van der Waals surface area contributed by atoms with Gasteiger partial charge in [-0.25, -0.2) is 4.39 Å². The standard InChI is InChI=1S/C12H17FO/c1-9(10(2)8-14)7-11-3-5-12(13)6-4-11/h3-6,9-10,14H,7-8H2,1-2H3. The molecule has 1 aromatic rings. The van der Waals surface area contributed by atoms with Crippen molar-refractivity contribution in [2.75, 3.05) is 6.61 Å². The molecule has 0 aliphatic carbocycles. The van der Waals surface area contributed by atoms with E-state index in [0.717, 1.165) is 12.0 Å². The maximum atomic E-state index is 12.6. The fraction of sp³-hybridized carbons (Fsp3) is 0.500. The summed E-state index contributed by atoms with van der Waals surface area (Å²) in [6.07, 6.45) is 0.891. The van der Waals surface area contributed by atoms with Crippen molar-refractivity contribution in [3.8, 4) is 0 Å². The SMILES string of the molecule is CC(CO)C(C)Cc1ccc(F)cc1. The van der Waals surface area contributed by atoms with Crippen LogP contribution >= 0.6 is 0 Å². The minimum atomic E-state index is -0.198. The number of rotatable bonds is 4. The van der Waals surface area contributed by atoms with Crippen molar-refractivity contribution in [2.45, 2.75) is 20.3 Å². The van der Waals surface area contributed by atoms with E-state index >= 15 is 0 Å². The molecule has 0 aliphatic rings. The van der Waals surface area contributed by atoms with Crippen LogP contribution in [0.4, 0.5) is 4.39 Å². The molecule has 0 aromatic heterocycles. The lowest BCUT2D eigenvalue weighted by Gasteiger charge is -2.17. The van der Waals surface area contributed by atoms with E-state index in [0.29, 0.717) is 11.8 Å². The lowest BCUT2D eigenvalue weighted by Crippen LogP contribution is -2.14. The summed E-state index contributed by atoms with van der Waals surface area (Å²) in [4.78, 5) is 0. The van der Waals surface area contributed by atoms with Crippen molar-refractivity contribution >= 4 is 0 Å². The summed E-state index contributed by atoms with van der Waals surface area (Å²) in [5, 5.41) is 8.97. The van der Waals surface area contributed by atoms with Crippen LogP contribution in [-0.2, 0) is 6.42 Å². The summed E-state index contributed by atoms with van der Waals surface area (Å²) >= 11 is 0. The second-order valence-electron chi connectivity index (χ2n) is 3.97. The van der Waals surface area contributed by atoms with Crippen molar-refractivity contribution in [1.29, 1.82) is 0 Å². The van der Waals surface area contributed by atoms with Crippen molar-refractivity contribution in [2.24, 2.45) is 11.8 Å². The molecule has 2 heteroatoms. The molecule has 0 heterocycles. The van der Waals surface area contributed by atoms with Gasteiger partial charge >= 0.3 is 0 Å². The Morgan fingerprint density at radius 1 is 1.14 bits per heavy atom. The summed E-state index contributed by atoms with van der Waals surface area (Å²) in [5.74, 6) is 0.516. The van der Waals surface area contributed by atoms with Crippen LogP contribution in [0.15, 0.2) is 24.3 Å². The zero-order valence-electron chi connectivity index (χ0n) is 8.70. The number of hydrogen-bond acceptors (Lipinski definition) is 1. The Bertz CT molecular complexity index is 268. The summed E-state index contributed by atoms with van der Waals surface area (Å²) in [6.45, 7) is 4.33. The van der Waals surface area contributed by atoms with Crippen molar-refractivity contribution in [3.63, 3.8) is 0 Å². The number of halogens is 1. The van der Waals surface area contributed by atoms with Crippen LogP contribution in [-0.4, -0.2) is 11.7 Å². The minimum absolute atomic E-state index is 0.198. The number of hydrogen-bond donors (Lipinski definition) is 1. The van der Waals surface area contributed by atoms with Gasteiger partial charge in [-0.3, -0.25) is 0 Å². The van der Waals surface area contributed by atoms with Gasteiger partial charge in [0.2, 0.25) is 0 Å². The molecule has 1 N–H and O–H groups in total. The average Bonchev–Trinajstić information content (AvgIpc) is 2.20. The van der Waals surface area contributed by atoms with Crippen molar-refractivity contribution in [3.05, 3.63) is 35.6 Å². The highest BCUT2D eigenvalue weighted by Gasteiger charge is 2.11. The Hall–Kier alpha value is -0.890. The minimum Gasteiger partial charge on any atom is -0.396 e. The van der Waals surface area contributed by atoms with E-state index in [-0.39, 0.29) is 12.4 Å². The maximum Gasteiger partial charge on any atom is 0.123 e. The van der Waals surface area contributed by atoms with Gasteiger partial charge in [0.15, 0.2) is 0 Å². The second-order valence-corrected chi connectivity index (χ2v) is 3.97. The molecule has 0 aliphatic heterocycles. The van der Waals surface area contributed by atoms with Crippen LogP contribution in [0.25, 0.3) is 0 Å². The molecule has 0 fully saturated rings. The highest BCUT2D eigenvalue weighted by molar-refractivity contribution is 5.16. The molecule has 0 saturated carbocycles. The normalized spacial score (nSPS) is 15.1. The maximum absolute atomic E-state index is 12.6. The van der Waals surface area contributed by atoms with E-state index in [4.69, 9.17) is 5.11 Å². The van der Waals surface area contributed by atoms with Gasteiger partial charge < -0.3 is 5.11 Å². The Morgan fingerprint density at radius 3 is 2.21 bits per heavy atom. The van der Waals surface area contributed by atoms with E-state index in [1.807, 2.05) is 6.92 Å². The molecule has 1 aromatic carbocycles. The van der Waals surface area contributed by atoms with Gasteiger partial charge in [0.1, 0.15) is 5.82 Å². The molecule has 0 saturated heterocycles. The highest BCUT2D eigenvalue weighted by atomic mass is 19.1. The molecule has 0 bridgehead atoms. The molecule has 0 spiro atoms. The lowest BCUT2D eigenvalue weighted by molar-refractivity contribution is 0.195. The molecule has 0 radical (unpaired) electrons. The van der Waals surface area contributed by atoms with Crippen LogP contribution < -0.4 is 0 Å². The van der Waals surface area contributed by atoms with Crippen LogP contribution in [0.1, 0.15) is 19.4 Å². The molecular weight excluding hydrogens is 179 g/mol. The zero-order valence-corrected chi connectivity index (χ0v) is 8.70. The summed E-state index contributed by atoms with van der Waals surface area (Å²) in [6, 6.07) is 6.56. The summed E-state index contributed by atoms with van der Waals surface area (Å²) < 4.78 is 12.6. The van der Waals surface area contributed by atoms with E-state index in [9.17, 15) is 4.39 Å². The molecule has 78 valence electrons. The number of aliphatic hydroxyl groups is 1. The predicted octanol–water partition coefficient (Wildman–Crippen LogP) is 2.63. The quantitative estimate of drug-likeness (QED) is 0.784. The second kappa shape index (κ2) is 5.11. The number of benzene rings is 1. The average molecular weight is 196 g/mol. The fourth-order valence-corrected chi connectivity index (χ4v) is 1.37. The first-order valence-electron chi connectivity index (χ1n) is 4.98. The van der Waals surface area contributed by atoms with Gasteiger partial charge in [-0.2, -0.15) is 0 Å². The van der Waals surface area contributed by atoms with Gasteiger partial charge in [-0.05, 0) is 36.0 Å². The molecule has 1 rings (SSSR count). The monoisotopic (exact) mass is 196 g/mol. The van der Waals surface area contributed by atoms with Crippen molar-refractivity contribution in [1.82, 2.24) is 0 Å². The highest BCUT2D eigenvalue weighted by Crippen LogP contribution is 2.16. The molecule has 14 heavy (non-hydrogen) atoms. The van der Waals surface area contributed by atoms with E-state index in [1.54, 1.807) is 12.1 Å². The smallest absolute Gasteiger partial charge is 0.123 e. The van der Waals surface area contributed by atoms with Crippen LogP contribution in [0.5, 0.6) is 0 Å². The van der Waals surface area contributed by atoms with Gasteiger partial charge in [-0.1, -0.05) is 26.0 Å². The van der Waals surface area contributed by atoms with Gasteiger partial charge in [-0.15, -0.1) is 0 Å². The third-order valence-corrected chi connectivity index (χ3v) is 2.73. The van der Waals surface area contributed by atoms with Crippen molar-refractivity contribution < 1.29 is 9.50 Å². The van der Waals surface area contributed by atoms with Gasteiger partial charge in [0.25, 0.3) is 0 Å². The van der Waals surface area contributed by atoms with Gasteiger partial charge in [0.05, 0.1) is 0 Å². The molecular formula is C12H17FO. The van der Waals surface area contributed by atoms with E-state index in [1.165, 1.54) is 12.1 Å². The topological polar surface area (TPSA) is 20.2 Å². The van der Waals surface area contributed by atoms with Crippen LogP contribution in [0.3, 0.4) is 0 Å². The van der Waals surface area contributed by atoms with E-state index < -0.39 is 0 Å². The Morgan fingerprint density at radius 2 is 1.71 bits per heavy atom. The predicted molar refractivity (Wildman–Crippen MR) is 55.5 cm³/mol. The Balaban J connectivity index is 2.56. The zero-order chi connectivity index (χ0) is 10.6. The number of aliphatic hydroxyl groups excluding tert-OH is 1. The lowest BCUT2D eigenvalue weighted by atomic mass is 9.90. The fourth-order valence-electron chi connectivity index (χ4n) is 1.37. The first kappa shape index (κ1) is 11.2. The molecule has 2 atom stereocenters. The largest absolute Gasteiger partial charge is 0.396 e. The first-order chi connectivity index (χ1) is 6.63. The first-order valence-corrected chi connectivity index (χ1v) is 4.98. The molecule has 2 unspecified atom stereocenters. The van der Waals surface area contributed by atoms with E-state index in [2.05, 4.69) is 6.92 Å². The van der Waals surface area contributed by atoms with Gasteiger partial charge in [0, 0.05) is 6.61 Å². The summed E-state index contributed by atoms with van der Waals surface area (Å²) in [7, 11) is 0. The Kier molecular flexibility index (Phi) is 4.08. The third-order valence-electron chi connectivity index (χ3n) is 2.73. The Labute approximate surface area is 84.6 Å².